The van der Waals surface area contributed by atoms with Crippen LogP contribution in [0.4, 0.5) is 0 Å². The van der Waals surface area contributed by atoms with Crippen molar-refractivity contribution in [2.75, 3.05) is 13.1 Å². The molecule has 3 nitrogen and oxygen atoms in total. The van der Waals surface area contributed by atoms with Gasteiger partial charge in [0.2, 0.25) is 0 Å². The van der Waals surface area contributed by atoms with Crippen LogP contribution < -0.4 is 0 Å². The van der Waals surface area contributed by atoms with Gasteiger partial charge in [-0.25, -0.2) is 0 Å². The van der Waals surface area contributed by atoms with E-state index in [1.807, 2.05) is 30.5 Å². The number of benzene rings is 1. The average molecular weight is 292 g/mol. The van der Waals surface area contributed by atoms with Crippen molar-refractivity contribution in [3.05, 3.63) is 41.0 Å². The second kappa shape index (κ2) is 7.46. The lowest BCUT2D eigenvalue weighted by Crippen LogP contribution is -2.24. The maximum absolute atomic E-state index is 5.94. The normalized spacial score (nSPS) is 11.2. The number of halogens is 1. The summed E-state index contributed by atoms with van der Waals surface area (Å²) >= 11 is 5.94. The molecule has 2 rings (SSSR count). The molecule has 0 saturated heterocycles. The summed E-state index contributed by atoms with van der Waals surface area (Å²) in [5.41, 5.74) is 3.47. The number of nitrogens with one attached hydrogen (secondary N) is 1. The summed E-state index contributed by atoms with van der Waals surface area (Å²) in [6.45, 7) is 7.57. The fraction of sp³-hybridized carbons (Fsp3) is 0.438. The zero-order valence-corrected chi connectivity index (χ0v) is 13.0. The molecule has 1 N–H and O–H groups in total. The molecule has 0 bridgehead atoms. The Labute approximate surface area is 126 Å². The first-order chi connectivity index (χ1) is 9.74. The van der Waals surface area contributed by atoms with Gasteiger partial charge < -0.3 is 0 Å². The Balaban J connectivity index is 2.13. The highest BCUT2D eigenvalue weighted by molar-refractivity contribution is 6.30. The van der Waals surface area contributed by atoms with E-state index < -0.39 is 0 Å². The molecule has 1 aromatic carbocycles. The molecule has 1 aromatic heterocycles. The highest BCUT2D eigenvalue weighted by Crippen LogP contribution is 2.24. The molecule has 20 heavy (non-hydrogen) atoms. The van der Waals surface area contributed by atoms with Crippen LogP contribution in [0.15, 0.2) is 30.5 Å². The predicted octanol–water partition coefficient (Wildman–Crippen LogP) is 4.35. The van der Waals surface area contributed by atoms with Gasteiger partial charge in [0.1, 0.15) is 0 Å². The van der Waals surface area contributed by atoms with Gasteiger partial charge in [0.15, 0.2) is 0 Å². The number of aromatic amines is 1. The van der Waals surface area contributed by atoms with E-state index in [-0.39, 0.29) is 0 Å². The molecule has 0 amide bonds. The molecule has 4 heteroatoms. The molecular formula is C16H22ClN3. The Kier molecular flexibility index (Phi) is 5.62. The van der Waals surface area contributed by atoms with Crippen molar-refractivity contribution in [1.82, 2.24) is 15.1 Å². The highest BCUT2D eigenvalue weighted by atomic mass is 35.5. The van der Waals surface area contributed by atoms with Crippen LogP contribution in [0.5, 0.6) is 0 Å². The van der Waals surface area contributed by atoms with Gasteiger partial charge in [-0.3, -0.25) is 10.00 Å². The van der Waals surface area contributed by atoms with Crippen molar-refractivity contribution in [1.29, 1.82) is 0 Å². The van der Waals surface area contributed by atoms with E-state index in [0.29, 0.717) is 0 Å². The average Bonchev–Trinajstić information content (AvgIpc) is 2.92. The number of aromatic nitrogens is 2. The topological polar surface area (TPSA) is 31.9 Å². The summed E-state index contributed by atoms with van der Waals surface area (Å²) in [5, 5.41) is 8.07. The van der Waals surface area contributed by atoms with Crippen LogP contribution in [-0.2, 0) is 6.54 Å². The highest BCUT2D eigenvalue weighted by Gasteiger charge is 2.11. The quantitative estimate of drug-likeness (QED) is 0.822. The van der Waals surface area contributed by atoms with Gasteiger partial charge in [-0.2, -0.15) is 5.10 Å². The van der Waals surface area contributed by atoms with Crippen LogP contribution in [0.25, 0.3) is 11.3 Å². The first kappa shape index (κ1) is 15.1. The van der Waals surface area contributed by atoms with E-state index in [1.165, 1.54) is 18.4 Å². The van der Waals surface area contributed by atoms with Crippen LogP contribution in [-0.4, -0.2) is 28.2 Å². The summed E-state index contributed by atoms with van der Waals surface area (Å²) in [6.07, 6.45) is 4.40. The minimum absolute atomic E-state index is 0.757. The van der Waals surface area contributed by atoms with Gasteiger partial charge >= 0.3 is 0 Å². The Morgan fingerprint density at radius 1 is 1.20 bits per heavy atom. The second-order valence-electron chi connectivity index (χ2n) is 5.00. The van der Waals surface area contributed by atoms with E-state index in [4.69, 9.17) is 11.6 Å². The third-order valence-electron chi connectivity index (χ3n) is 3.52. The number of hydrogen-bond donors (Lipinski definition) is 1. The predicted molar refractivity (Wildman–Crippen MR) is 84.9 cm³/mol. The summed E-state index contributed by atoms with van der Waals surface area (Å²) < 4.78 is 0. The molecule has 0 radical (unpaired) electrons. The monoisotopic (exact) mass is 291 g/mol. The van der Waals surface area contributed by atoms with Gasteiger partial charge in [0.05, 0.1) is 11.9 Å². The zero-order chi connectivity index (χ0) is 14.4. The molecular weight excluding hydrogens is 270 g/mol. The molecule has 0 aliphatic rings. The van der Waals surface area contributed by atoms with Crippen LogP contribution in [0.3, 0.4) is 0 Å². The molecule has 108 valence electrons. The number of rotatable bonds is 7. The molecule has 0 fully saturated rings. The third-order valence-corrected chi connectivity index (χ3v) is 3.77. The van der Waals surface area contributed by atoms with E-state index in [0.717, 1.165) is 35.9 Å². The van der Waals surface area contributed by atoms with Gasteiger partial charge in [-0.15, -0.1) is 0 Å². The number of unbranched alkanes of at least 4 members (excludes halogenated alkanes) is 1. The first-order valence-corrected chi connectivity index (χ1v) is 7.63. The lowest BCUT2D eigenvalue weighted by Gasteiger charge is -2.20. The molecule has 0 spiro atoms. The SMILES string of the molecule is CCCCN(CC)Cc1cn[nH]c1-c1ccc(Cl)cc1. The Hall–Kier alpha value is -1.32. The first-order valence-electron chi connectivity index (χ1n) is 7.25. The van der Waals surface area contributed by atoms with Crippen LogP contribution >= 0.6 is 11.6 Å². The van der Waals surface area contributed by atoms with Crippen molar-refractivity contribution in [3.8, 4) is 11.3 Å². The standard InChI is InChI=1S/C16H22ClN3/c1-3-5-10-20(4-2)12-14-11-18-19-16(14)13-6-8-15(17)9-7-13/h6-9,11H,3-5,10,12H2,1-2H3,(H,18,19). The maximum Gasteiger partial charge on any atom is 0.0695 e. The Morgan fingerprint density at radius 2 is 1.95 bits per heavy atom. The van der Waals surface area contributed by atoms with Crippen molar-refractivity contribution in [2.24, 2.45) is 0 Å². The van der Waals surface area contributed by atoms with E-state index in [1.54, 1.807) is 0 Å². The van der Waals surface area contributed by atoms with E-state index in [9.17, 15) is 0 Å². The molecule has 2 aromatic rings. The van der Waals surface area contributed by atoms with Gasteiger partial charge in [0.25, 0.3) is 0 Å². The fourth-order valence-electron chi connectivity index (χ4n) is 2.27. The summed E-state index contributed by atoms with van der Waals surface area (Å²) in [7, 11) is 0. The number of hydrogen-bond acceptors (Lipinski definition) is 2. The number of H-pyrrole nitrogens is 1. The molecule has 0 atom stereocenters. The van der Waals surface area contributed by atoms with Gasteiger partial charge in [-0.05, 0) is 37.2 Å². The van der Waals surface area contributed by atoms with E-state index in [2.05, 4.69) is 28.9 Å². The number of nitrogens with zero attached hydrogens (tertiary/aromatic N) is 2. The van der Waals surface area contributed by atoms with Crippen LogP contribution in [0, 0.1) is 0 Å². The van der Waals surface area contributed by atoms with Crippen molar-refractivity contribution in [2.45, 2.75) is 33.2 Å². The minimum Gasteiger partial charge on any atom is -0.299 e. The van der Waals surface area contributed by atoms with Crippen LogP contribution in [0.1, 0.15) is 32.3 Å². The lowest BCUT2D eigenvalue weighted by molar-refractivity contribution is 0.276. The minimum atomic E-state index is 0.757. The molecule has 0 unspecified atom stereocenters. The van der Waals surface area contributed by atoms with Crippen molar-refractivity contribution < 1.29 is 0 Å². The summed E-state index contributed by atoms with van der Waals surface area (Å²) in [4.78, 5) is 2.45. The second-order valence-corrected chi connectivity index (χ2v) is 5.44. The Morgan fingerprint density at radius 3 is 2.60 bits per heavy atom. The molecule has 0 aliphatic heterocycles. The fourth-order valence-corrected chi connectivity index (χ4v) is 2.40. The third kappa shape index (κ3) is 3.84. The van der Waals surface area contributed by atoms with E-state index >= 15 is 0 Å². The zero-order valence-electron chi connectivity index (χ0n) is 12.2. The van der Waals surface area contributed by atoms with Gasteiger partial charge in [0, 0.05) is 17.1 Å². The Bertz CT molecular complexity index is 519. The molecule has 1 heterocycles. The summed E-state index contributed by atoms with van der Waals surface area (Å²) in [6, 6.07) is 7.88. The van der Waals surface area contributed by atoms with Gasteiger partial charge in [-0.1, -0.05) is 44.0 Å². The van der Waals surface area contributed by atoms with Crippen LogP contribution in [0.2, 0.25) is 5.02 Å². The molecule has 0 saturated carbocycles. The maximum atomic E-state index is 5.94. The van der Waals surface area contributed by atoms with Crippen molar-refractivity contribution >= 4 is 11.6 Å². The lowest BCUT2D eigenvalue weighted by atomic mass is 10.1. The largest absolute Gasteiger partial charge is 0.299 e. The molecule has 0 aliphatic carbocycles. The van der Waals surface area contributed by atoms with Crippen molar-refractivity contribution in [3.63, 3.8) is 0 Å². The smallest absolute Gasteiger partial charge is 0.0695 e. The summed E-state index contributed by atoms with van der Waals surface area (Å²) in [5.74, 6) is 0.